The van der Waals surface area contributed by atoms with Gasteiger partial charge in [0.1, 0.15) is 23.9 Å². The molecule has 0 saturated carbocycles. The normalized spacial score (nSPS) is 12.3. The van der Waals surface area contributed by atoms with Crippen LogP contribution in [0.5, 0.6) is 17.2 Å². The van der Waals surface area contributed by atoms with Crippen LogP contribution in [0.2, 0.25) is 0 Å². The molecule has 0 fully saturated rings. The van der Waals surface area contributed by atoms with E-state index in [1.807, 2.05) is 0 Å². The van der Waals surface area contributed by atoms with Gasteiger partial charge in [0.15, 0.2) is 11.6 Å². The van der Waals surface area contributed by atoms with Gasteiger partial charge in [0.2, 0.25) is 0 Å². The van der Waals surface area contributed by atoms with E-state index in [0.29, 0.717) is 24.3 Å². The van der Waals surface area contributed by atoms with Crippen LogP contribution < -0.4 is 9.47 Å². The Morgan fingerprint density at radius 2 is 1.95 bits per heavy atom. The quantitative estimate of drug-likeness (QED) is 0.745. The molecule has 0 spiro atoms. The molecule has 1 heterocycles. The molecule has 6 heteroatoms. The predicted octanol–water partition coefficient (Wildman–Crippen LogP) is 3.18. The number of halogens is 2. The first-order valence-corrected chi connectivity index (χ1v) is 6.19. The van der Waals surface area contributed by atoms with Gasteiger partial charge < -0.3 is 14.6 Å². The maximum absolute atomic E-state index is 13.0. The molecule has 0 aliphatic carbocycles. The number of hydrogen-bond acceptors (Lipinski definition) is 3. The van der Waals surface area contributed by atoms with Crippen molar-refractivity contribution in [1.29, 1.82) is 0 Å². The van der Waals surface area contributed by atoms with Crippen molar-refractivity contribution in [2.75, 3.05) is 6.61 Å². The molecule has 114 valence electrons. The van der Waals surface area contributed by atoms with Crippen molar-refractivity contribution in [2.45, 2.75) is 13.0 Å². The molecule has 1 N–H and O–H groups in total. The Balaban J connectivity index is 0.00000161. The summed E-state index contributed by atoms with van der Waals surface area (Å²) in [6, 6.07) is 6.71. The fourth-order valence-corrected chi connectivity index (χ4v) is 2.15. The Kier molecular flexibility index (Phi) is 4.83. The molecule has 21 heavy (non-hydrogen) atoms. The van der Waals surface area contributed by atoms with Crippen molar-refractivity contribution >= 4 is 0 Å². The van der Waals surface area contributed by atoms with Crippen LogP contribution in [0.25, 0.3) is 0 Å². The fourth-order valence-electron chi connectivity index (χ4n) is 2.15. The van der Waals surface area contributed by atoms with E-state index in [4.69, 9.17) is 9.47 Å². The zero-order chi connectivity index (χ0) is 14.1. The van der Waals surface area contributed by atoms with Gasteiger partial charge >= 0.3 is 0 Å². The Bertz CT molecular complexity index is 662. The second kappa shape index (κ2) is 6.44. The molecule has 0 unspecified atom stereocenters. The third-order valence-electron chi connectivity index (χ3n) is 3.15. The van der Waals surface area contributed by atoms with Crippen LogP contribution in [-0.4, -0.2) is 11.7 Å². The van der Waals surface area contributed by atoms with Gasteiger partial charge in [0, 0.05) is 39.1 Å². The Hall–Kier alpha value is -1.61. The number of phenols is 1. The molecule has 1 aliphatic heterocycles. The molecule has 0 bridgehead atoms. The molecule has 3 rings (SSSR count). The summed E-state index contributed by atoms with van der Waals surface area (Å²) in [5.74, 6) is -0.828. The van der Waals surface area contributed by atoms with Crippen LogP contribution in [0.4, 0.5) is 8.78 Å². The van der Waals surface area contributed by atoms with Crippen LogP contribution in [0.3, 0.4) is 0 Å². The van der Waals surface area contributed by atoms with E-state index in [1.54, 1.807) is 12.1 Å². The van der Waals surface area contributed by atoms with E-state index in [2.05, 4.69) is 0 Å². The van der Waals surface area contributed by atoms with Gasteiger partial charge in [-0.25, -0.2) is 8.78 Å². The average molecular weight is 473 g/mol. The number of benzene rings is 2. The van der Waals surface area contributed by atoms with Crippen molar-refractivity contribution in [2.24, 2.45) is 0 Å². The minimum absolute atomic E-state index is 0. The standard InChI is InChI=1S/C15H12F2O3.Pt/c16-12-2-1-10(7-13(12)17)20-8-9-5-14(18)11-3-4-19-15(11)6-9;/h1-2,5-7,18H,3-4,8H2;. The van der Waals surface area contributed by atoms with E-state index in [1.165, 1.54) is 6.07 Å². The summed E-state index contributed by atoms with van der Waals surface area (Å²) in [5.41, 5.74) is 1.49. The number of rotatable bonds is 3. The zero-order valence-corrected chi connectivity index (χ0v) is 13.1. The summed E-state index contributed by atoms with van der Waals surface area (Å²) in [5, 5.41) is 9.84. The topological polar surface area (TPSA) is 38.7 Å². The Morgan fingerprint density at radius 3 is 2.71 bits per heavy atom. The van der Waals surface area contributed by atoms with Crippen LogP contribution >= 0.6 is 0 Å². The summed E-state index contributed by atoms with van der Waals surface area (Å²) in [7, 11) is 0. The molecule has 1 aliphatic rings. The summed E-state index contributed by atoms with van der Waals surface area (Å²) in [6.07, 6.45) is 0.686. The first-order valence-electron chi connectivity index (χ1n) is 6.19. The van der Waals surface area contributed by atoms with Gasteiger partial charge in [-0.15, -0.1) is 0 Å². The van der Waals surface area contributed by atoms with E-state index in [-0.39, 0.29) is 39.2 Å². The largest absolute Gasteiger partial charge is 0.508 e. The molecule has 0 atom stereocenters. The second-order valence-electron chi connectivity index (χ2n) is 4.55. The summed E-state index contributed by atoms with van der Waals surface area (Å²) in [4.78, 5) is 0. The minimum atomic E-state index is -0.956. The monoisotopic (exact) mass is 473 g/mol. The van der Waals surface area contributed by atoms with Gasteiger partial charge in [-0.1, -0.05) is 0 Å². The molecule has 2 aromatic rings. The summed E-state index contributed by atoms with van der Waals surface area (Å²) >= 11 is 0. The van der Waals surface area contributed by atoms with Crippen LogP contribution in [0.1, 0.15) is 11.1 Å². The average Bonchev–Trinajstić information content (AvgIpc) is 2.89. The fraction of sp³-hybridized carbons (Fsp3) is 0.200. The number of phenolic OH excluding ortho intramolecular Hbond substituents is 1. The van der Waals surface area contributed by atoms with E-state index in [9.17, 15) is 13.9 Å². The zero-order valence-electron chi connectivity index (χ0n) is 10.8. The summed E-state index contributed by atoms with van der Waals surface area (Å²) < 4.78 is 36.6. The van der Waals surface area contributed by atoms with Crippen LogP contribution in [0.15, 0.2) is 30.3 Å². The summed E-state index contributed by atoms with van der Waals surface area (Å²) in [6.45, 7) is 0.686. The minimum Gasteiger partial charge on any atom is -0.508 e. The number of hydrogen-bond donors (Lipinski definition) is 1. The third-order valence-corrected chi connectivity index (χ3v) is 3.15. The van der Waals surface area contributed by atoms with Gasteiger partial charge in [0.05, 0.1) is 6.61 Å². The first kappa shape index (κ1) is 15.8. The van der Waals surface area contributed by atoms with Crippen LogP contribution in [-0.2, 0) is 34.1 Å². The SMILES string of the molecule is Oc1cc(COc2ccc(F)c(F)c2)cc2c1CCO2.[Pt]. The Morgan fingerprint density at radius 1 is 1.14 bits per heavy atom. The second-order valence-corrected chi connectivity index (χ2v) is 4.55. The smallest absolute Gasteiger partial charge is 0.162 e. The van der Waals surface area contributed by atoms with Crippen molar-refractivity contribution < 1.29 is 44.4 Å². The maximum Gasteiger partial charge on any atom is 0.162 e. The first-order chi connectivity index (χ1) is 9.63. The van der Waals surface area contributed by atoms with Gasteiger partial charge in [-0.05, 0) is 29.8 Å². The molecule has 0 amide bonds. The molecular weight excluding hydrogens is 461 g/mol. The number of fused-ring (bicyclic) bond motifs is 1. The van der Waals surface area contributed by atoms with Gasteiger partial charge in [-0.2, -0.15) is 0 Å². The molecular formula is C15H12F2O3Pt. The van der Waals surface area contributed by atoms with E-state index in [0.717, 1.165) is 17.7 Å². The molecule has 0 radical (unpaired) electrons. The third kappa shape index (κ3) is 3.35. The molecule has 2 aromatic carbocycles. The van der Waals surface area contributed by atoms with Crippen molar-refractivity contribution in [1.82, 2.24) is 0 Å². The Labute approximate surface area is 134 Å². The molecule has 0 aromatic heterocycles. The van der Waals surface area contributed by atoms with Crippen molar-refractivity contribution in [3.05, 3.63) is 53.1 Å². The molecule has 3 nitrogen and oxygen atoms in total. The number of ether oxygens (including phenoxy) is 2. The molecule has 0 saturated heterocycles. The van der Waals surface area contributed by atoms with E-state index < -0.39 is 11.6 Å². The van der Waals surface area contributed by atoms with Gasteiger partial charge in [0.25, 0.3) is 0 Å². The van der Waals surface area contributed by atoms with E-state index >= 15 is 0 Å². The van der Waals surface area contributed by atoms with Gasteiger partial charge in [-0.3, -0.25) is 0 Å². The number of aromatic hydroxyl groups is 1. The maximum atomic E-state index is 13.0. The van der Waals surface area contributed by atoms with Crippen LogP contribution in [0, 0.1) is 11.6 Å². The van der Waals surface area contributed by atoms with Crippen molar-refractivity contribution in [3.63, 3.8) is 0 Å². The predicted molar refractivity (Wildman–Crippen MR) is 68.0 cm³/mol. The van der Waals surface area contributed by atoms with Crippen molar-refractivity contribution in [3.8, 4) is 17.2 Å².